The van der Waals surface area contributed by atoms with Crippen LogP contribution in [-0.4, -0.2) is 28.8 Å². The van der Waals surface area contributed by atoms with E-state index in [2.05, 4.69) is 40.3 Å². The Kier molecular flexibility index (Phi) is 5.68. The van der Waals surface area contributed by atoms with E-state index in [-0.39, 0.29) is 5.11 Å². The van der Waals surface area contributed by atoms with Crippen molar-refractivity contribution in [2.24, 2.45) is 10.8 Å². The van der Waals surface area contributed by atoms with Gasteiger partial charge in [0, 0.05) is 0 Å². The van der Waals surface area contributed by atoms with E-state index in [4.69, 9.17) is 5.73 Å². The summed E-state index contributed by atoms with van der Waals surface area (Å²) in [4.78, 5) is 23.1. The smallest absolute Gasteiger partial charge is 0.322 e. The Hall–Kier alpha value is -1.70. The molecule has 0 unspecified atom stereocenters. The van der Waals surface area contributed by atoms with Crippen molar-refractivity contribution in [3.8, 4) is 0 Å². The highest BCUT2D eigenvalue weighted by molar-refractivity contribution is 7.80. The van der Waals surface area contributed by atoms with Crippen LogP contribution in [0.3, 0.4) is 0 Å². The van der Waals surface area contributed by atoms with E-state index in [1.807, 2.05) is 0 Å². The summed E-state index contributed by atoms with van der Waals surface area (Å²) >= 11 is 4.61. The lowest BCUT2D eigenvalue weighted by molar-refractivity contribution is -0.121. The average molecular weight is 285 g/mol. The van der Waals surface area contributed by atoms with E-state index in [1.54, 1.807) is 0 Å². The van der Waals surface area contributed by atoms with E-state index in [1.165, 1.54) is 6.21 Å². The van der Waals surface area contributed by atoms with Crippen LogP contribution in [0, 0.1) is 0 Å². The number of carbonyl (C=O) groups is 2. The van der Waals surface area contributed by atoms with Crippen LogP contribution < -0.4 is 21.8 Å². The number of carbonyl (C=O) groups excluding carboxylic acids is 2. The summed E-state index contributed by atoms with van der Waals surface area (Å²) in [5.74, 6) is -0.400. The Labute approximate surface area is 117 Å². The molecule has 0 bridgehead atoms. The quantitative estimate of drug-likeness (QED) is 0.177. The third kappa shape index (κ3) is 4.47. The predicted molar refractivity (Wildman–Crippen MR) is 76.6 cm³/mol. The Balaban J connectivity index is 2.68. The molecule has 1 rings (SSSR count). The third-order valence-electron chi connectivity index (χ3n) is 2.85. The maximum absolute atomic E-state index is 11.9. The van der Waals surface area contributed by atoms with Crippen molar-refractivity contribution in [3.05, 3.63) is 0 Å². The molecule has 8 heteroatoms. The van der Waals surface area contributed by atoms with Crippen LogP contribution in [0.1, 0.15) is 39.0 Å². The topological polar surface area (TPSA) is 109 Å². The first-order chi connectivity index (χ1) is 9.00. The molecule has 5 N–H and O–H groups in total. The normalized spacial score (nSPS) is 22.4. The third-order valence-corrected chi connectivity index (χ3v) is 2.94. The van der Waals surface area contributed by atoms with Crippen LogP contribution in [0.5, 0.6) is 0 Å². The van der Waals surface area contributed by atoms with Crippen LogP contribution in [0.4, 0.5) is 4.79 Å². The van der Waals surface area contributed by atoms with E-state index >= 15 is 0 Å². The Morgan fingerprint density at radius 1 is 1.47 bits per heavy atom. The fourth-order valence-electron chi connectivity index (χ4n) is 1.87. The van der Waals surface area contributed by atoms with Gasteiger partial charge in [-0.3, -0.25) is 15.5 Å². The van der Waals surface area contributed by atoms with E-state index < -0.39 is 17.5 Å². The molecule has 1 heterocycles. The number of urea groups is 1. The van der Waals surface area contributed by atoms with Crippen molar-refractivity contribution in [1.82, 2.24) is 16.1 Å². The molecule has 1 aliphatic heterocycles. The number of imide groups is 1. The zero-order valence-electron chi connectivity index (χ0n) is 10.9. The summed E-state index contributed by atoms with van der Waals surface area (Å²) < 4.78 is 0. The molecule has 1 aliphatic rings. The van der Waals surface area contributed by atoms with E-state index in [9.17, 15) is 9.59 Å². The minimum Gasteiger partial charge on any atom is -0.375 e. The lowest BCUT2D eigenvalue weighted by atomic mass is 9.93. The molecule has 0 aromatic rings. The lowest BCUT2D eigenvalue weighted by Gasteiger charge is -2.20. The number of nitrogens with one attached hydrogen (secondary N) is 3. The fraction of sp³-hybridized carbons (Fsp3) is 0.636. The van der Waals surface area contributed by atoms with E-state index in [0.717, 1.165) is 25.7 Å². The molecule has 7 nitrogen and oxygen atoms in total. The molecule has 106 valence electrons. The summed E-state index contributed by atoms with van der Waals surface area (Å²) in [6.07, 6.45) is 5.85. The van der Waals surface area contributed by atoms with Gasteiger partial charge in [-0.05, 0) is 18.6 Å². The monoisotopic (exact) mass is 285 g/mol. The van der Waals surface area contributed by atoms with Crippen molar-refractivity contribution in [1.29, 1.82) is 0 Å². The maximum atomic E-state index is 11.9. The van der Waals surface area contributed by atoms with Gasteiger partial charge in [0.15, 0.2) is 10.7 Å². The van der Waals surface area contributed by atoms with Gasteiger partial charge < -0.3 is 11.1 Å². The largest absolute Gasteiger partial charge is 0.375 e. The molecule has 0 saturated carbocycles. The molecular weight excluding hydrogens is 266 g/mol. The van der Waals surface area contributed by atoms with Crippen LogP contribution in [0.25, 0.3) is 0 Å². The number of nitrogens with zero attached hydrogens (tertiary/aromatic N) is 1. The summed E-state index contributed by atoms with van der Waals surface area (Å²) in [5.41, 5.74) is 6.51. The predicted octanol–water partition coefficient (Wildman–Crippen LogP) is 0.354. The standard InChI is InChI=1S/C11H19N5O2S/c1-2-3-4-5-6-11(7-13-16-9(12)19)8(17)14-10(18)15-11/h7H,2-6H2,1H3,(H3,12,16,19)(H2,14,15,17,18)/b13-7+/t11-/m0/s1. The van der Waals surface area contributed by atoms with Crippen molar-refractivity contribution >= 4 is 35.5 Å². The van der Waals surface area contributed by atoms with Crippen molar-refractivity contribution in [3.63, 3.8) is 0 Å². The molecule has 0 aromatic heterocycles. The van der Waals surface area contributed by atoms with Gasteiger partial charge in [-0.15, -0.1) is 0 Å². The molecule has 1 atom stereocenters. The number of amides is 3. The summed E-state index contributed by atoms with van der Waals surface area (Å²) in [6, 6.07) is -0.512. The average Bonchev–Trinajstić information content (AvgIpc) is 2.60. The van der Waals surface area contributed by atoms with Gasteiger partial charge >= 0.3 is 6.03 Å². The highest BCUT2D eigenvalue weighted by Gasteiger charge is 2.44. The van der Waals surface area contributed by atoms with Gasteiger partial charge in [-0.25, -0.2) is 4.79 Å². The molecule has 0 aliphatic carbocycles. The van der Waals surface area contributed by atoms with Crippen LogP contribution in [-0.2, 0) is 4.79 Å². The molecule has 3 amide bonds. The molecule has 0 radical (unpaired) electrons. The van der Waals surface area contributed by atoms with Gasteiger partial charge in [-0.2, -0.15) is 5.10 Å². The van der Waals surface area contributed by atoms with Gasteiger partial charge in [0.2, 0.25) is 0 Å². The van der Waals surface area contributed by atoms with Gasteiger partial charge in [0.05, 0.1) is 6.21 Å². The molecule has 1 fully saturated rings. The Morgan fingerprint density at radius 2 is 2.21 bits per heavy atom. The number of nitrogens with two attached hydrogens (primary N) is 1. The Morgan fingerprint density at radius 3 is 2.74 bits per heavy atom. The zero-order valence-corrected chi connectivity index (χ0v) is 11.7. The highest BCUT2D eigenvalue weighted by Crippen LogP contribution is 2.18. The minimum absolute atomic E-state index is 0.00196. The second-order valence-electron chi connectivity index (χ2n) is 4.42. The number of hydrogen-bond acceptors (Lipinski definition) is 4. The first kappa shape index (κ1) is 15.4. The van der Waals surface area contributed by atoms with Crippen molar-refractivity contribution in [2.45, 2.75) is 44.6 Å². The molecule has 0 spiro atoms. The molecular formula is C11H19N5O2S. The molecule has 1 saturated heterocycles. The summed E-state index contributed by atoms with van der Waals surface area (Å²) in [7, 11) is 0. The molecule has 19 heavy (non-hydrogen) atoms. The van der Waals surface area contributed by atoms with Crippen molar-refractivity contribution < 1.29 is 9.59 Å². The minimum atomic E-state index is -1.11. The zero-order chi connectivity index (χ0) is 14.3. The van der Waals surface area contributed by atoms with Gasteiger partial charge in [0.1, 0.15) is 0 Å². The van der Waals surface area contributed by atoms with Crippen LogP contribution in [0.2, 0.25) is 0 Å². The number of thiocarbonyl (C=S) groups is 1. The van der Waals surface area contributed by atoms with E-state index in [0.29, 0.717) is 6.42 Å². The maximum Gasteiger partial charge on any atom is 0.322 e. The number of unbranched alkanes of at least 4 members (excludes halogenated alkanes) is 3. The molecule has 0 aromatic carbocycles. The number of hydrazone groups is 1. The Bertz CT molecular complexity index is 399. The lowest BCUT2D eigenvalue weighted by Crippen LogP contribution is -2.49. The number of hydrogen-bond donors (Lipinski definition) is 4. The highest BCUT2D eigenvalue weighted by atomic mass is 32.1. The summed E-state index contributed by atoms with van der Waals surface area (Å²) in [5, 5.41) is 8.60. The first-order valence-corrected chi connectivity index (χ1v) is 6.64. The first-order valence-electron chi connectivity index (χ1n) is 6.23. The van der Waals surface area contributed by atoms with Gasteiger partial charge in [0.25, 0.3) is 5.91 Å². The van der Waals surface area contributed by atoms with Crippen LogP contribution in [0.15, 0.2) is 5.10 Å². The van der Waals surface area contributed by atoms with Gasteiger partial charge in [-0.1, -0.05) is 32.6 Å². The van der Waals surface area contributed by atoms with Crippen LogP contribution >= 0.6 is 12.2 Å². The second kappa shape index (κ2) is 7.03. The van der Waals surface area contributed by atoms with Crippen molar-refractivity contribution in [2.75, 3.05) is 0 Å². The number of rotatable bonds is 7. The SMILES string of the molecule is CCCCCC[C@@]1(/C=N/NC(N)=S)NC(=O)NC1=O. The summed E-state index contributed by atoms with van der Waals surface area (Å²) in [6.45, 7) is 2.10. The second-order valence-corrected chi connectivity index (χ2v) is 4.86. The fourth-order valence-corrected chi connectivity index (χ4v) is 1.93.